The van der Waals surface area contributed by atoms with E-state index in [2.05, 4.69) is 9.47 Å². The van der Waals surface area contributed by atoms with Gasteiger partial charge in [0.05, 0.1) is 12.7 Å². The van der Waals surface area contributed by atoms with Crippen molar-refractivity contribution in [2.75, 3.05) is 21.2 Å². The fourth-order valence-electron chi connectivity index (χ4n) is 1.70. The van der Waals surface area contributed by atoms with Crippen LogP contribution in [-0.2, 0) is 14.3 Å². The second-order valence-corrected chi connectivity index (χ2v) is 4.78. The summed E-state index contributed by atoms with van der Waals surface area (Å²) in [6.07, 6.45) is 1.03. The molecular weight excluding hydrogens is 331 g/mol. The van der Waals surface area contributed by atoms with E-state index in [1.54, 1.807) is 0 Å². The third kappa shape index (κ3) is 4.12. The van der Waals surface area contributed by atoms with Gasteiger partial charge in [-0.05, 0) is 6.07 Å². The minimum absolute atomic E-state index is 0.270. The van der Waals surface area contributed by atoms with E-state index in [1.165, 1.54) is 19.0 Å². The third-order valence-electron chi connectivity index (χ3n) is 2.64. The van der Waals surface area contributed by atoms with Gasteiger partial charge in [0, 0.05) is 27.2 Å². The lowest BCUT2D eigenvalue weighted by atomic mass is 10.0. The van der Waals surface area contributed by atoms with Gasteiger partial charge in [-0.3, -0.25) is 9.59 Å². The van der Waals surface area contributed by atoms with E-state index >= 15 is 0 Å². The molecule has 0 aliphatic rings. The van der Waals surface area contributed by atoms with E-state index in [9.17, 15) is 27.6 Å². The quantitative estimate of drug-likeness (QED) is 0.154. The second kappa shape index (κ2) is 7.62. The first-order valence-electron chi connectivity index (χ1n) is 6.47. The maximum Gasteiger partial charge on any atom is 0.343 e. The summed E-state index contributed by atoms with van der Waals surface area (Å²) >= 11 is 0. The lowest BCUT2D eigenvalue weighted by Gasteiger charge is -2.12. The van der Waals surface area contributed by atoms with E-state index in [0.717, 1.165) is 20.2 Å². The highest BCUT2D eigenvalue weighted by Gasteiger charge is 2.29. The monoisotopic (exact) mass is 345 g/mol. The number of carbonyl (C=O) groups is 3. The Morgan fingerprint density at radius 2 is 1.71 bits per heavy atom. The first-order valence-corrected chi connectivity index (χ1v) is 6.47. The molecule has 9 heteroatoms. The summed E-state index contributed by atoms with van der Waals surface area (Å²) in [6, 6.07) is 0.270. The average Bonchev–Trinajstić information content (AvgIpc) is 2.50. The number of hydrogen-bond acceptors (Lipinski definition) is 6. The summed E-state index contributed by atoms with van der Waals surface area (Å²) in [5.41, 5.74) is -1.61. The van der Waals surface area contributed by atoms with Crippen LogP contribution in [0.1, 0.15) is 17.3 Å². The van der Waals surface area contributed by atoms with Crippen molar-refractivity contribution < 1.29 is 37.0 Å². The molecule has 0 saturated carbocycles. The summed E-state index contributed by atoms with van der Waals surface area (Å²) in [7, 11) is 3.94. The average molecular weight is 345 g/mol. The Morgan fingerprint density at radius 1 is 1.12 bits per heavy atom. The van der Waals surface area contributed by atoms with Crippen molar-refractivity contribution in [2.24, 2.45) is 0 Å². The number of hydrogen-bond donors (Lipinski definition) is 0. The standard InChI is InChI=1S/C15H14F3NO5/c1-7(20)24-14-11(17)8(5-10(16)12(14)18)13(21)9(6-19(2)3)15(22)23-4/h5-6H,1-4H3/b9-6-. The third-order valence-corrected chi connectivity index (χ3v) is 2.64. The first-order chi connectivity index (χ1) is 11.1. The molecule has 1 rings (SSSR count). The van der Waals surface area contributed by atoms with Gasteiger partial charge in [-0.25, -0.2) is 13.6 Å². The highest BCUT2D eigenvalue weighted by Crippen LogP contribution is 2.29. The topological polar surface area (TPSA) is 72.9 Å². The molecule has 0 saturated heterocycles. The molecule has 0 heterocycles. The molecule has 0 aliphatic heterocycles. The van der Waals surface area contributed by atoms with Crippen LogP contribution in [0.25, 0.3) is 0 Å². The summed E-state index contributed by atoms with van der Waals surface area (Å²) in [5, 5.41) is 0. The molecule has 0 radical (unpaired) electrons. The van der Waals surface area contributed by atoms with Crippen LogP contribution in [0.2, 0.25) is 0 Å². The summed E-state index contributed by atoms with van der Waals surface area (Å²) in [5.74, 6) is -9.84. The number of Topliss-reactive ketones (excluding diaryl/α,β-unsaturated/α-hetero) is 1. The van der Waals surface area contributed by atoms with Crippen LogP contribution in [0.15, 0.2) is 17.8 Å². The second-order valence-electron chi connectivity index (χ2n) is 4.78. The van der Waals surface area contributed by atoms with Crippen molar-refractivity contribution >= 4 is 17.7 Å². The van der Waals surface area contributed by atoms with Crippen molar-refractivity contribution in [1.29, 1.82) is 0 Å². The molecule has 6 nitrogen and oxygen atoms in total. The van der Waals surface area contributed by atoms with E-state index in [4.69, 9.17) is 0 Å². The molecule has 0 aromatic heterocycles. The van der Waals surface area contributed by atoms with E-state index < -0.39 is 52.1 Å². The molecule has 0 aliphatic carbocycles. The molecule has 1 aromatic carbocycles. The zero-order valence-electron chi connectivity index (χ0n) is 13.3. The molecule has 130 valence electrons. The Bertz CT molecular complexity index is 728. The number of benzene rings is 1. The Hall–Kier alpha value is -2.84. The number of carbonyl (C=O) groups excluding carboxylic acids is 3. The van der Waals surface area contributed by atoms with Gasteiger partial charge in [0.25, 0.3) is 0 Å². The zero-order valence-corrected chi connectivity index (χ0v) is 13.3. The van der Waals surface area contributed by atoms with Crippen LogP contribution in [0.5, 0.6) is 5.75 Å². The predicted octanol–water partition coefficient (Wildman–Crippen LogP) is 1.83. The van der Waals surface area contributed by atoms with Gasteiger partial charge < -0.3 is 14.4 Å². The number of nitrogens with zero attached hydrogens (tertiary/aromatic N) is 1. The molecule has 0 N–H and O–H groups in total. The lowest BCUT2D eigenvalue weighted by Crippen LogP contribution is -2.20. The molecule has 1 aromatic rings. The van der Waals surface area contributed by atoms with E-state index in [0.29, 0.717) is 0 Å². The van der Waals surface area contributed by atoms with Crippen LogP contribution in [-0.4, -0.2) is 43.8 Å². The smallest absolute Gasteiger partial charge is 0.343 e. The molecular formula is C15H14F3NO5. The van der Waals surface area contributed by atoms with Crippen molar-refractivity contribution in [3.63, 3.8) is 0 Å². The predicted molar refractivity (Wildman–Crippen MR) is 75.7 cm³/mol. The zero-order chi connectivity index (χ0) is 18.6. The van der Waals surface area contributed by atoms with Crippen LogP contribution >= 0.6 is 0 Å². The van der Waals surface area contributed by atoms with Crippen LogP contribution in [0.4, 0.5) is 13.2 Å². The minimum Gasteiger partial charge on any atom is -0.465 e. The SMILES string of the molecule is COC(=O)/C(=C\N(C)C)C(=O)c1cc(F)c(F)c(OC(C)=O)c1F. The van der Waals surface area contributed by atoms with Crippen molar-refractivity contribution in [1.82, 2.24) is 4.90 Å². The normalized spacial score (nSPS) is 11.0. The fourth-order valence-corrected chi connectivity index (χ4v) is 1.70. The molecule has 24 heavy (non-hydrogen) atoms. The first kappa shape index (κ1) is 19.2. The van der Waals surface area contributed by atoms with Gasteiger partial charge >= 0.3 is 11.9 Å². The highest BCUT2D eigenvalue weighted by atomic mass is 19.2. The van der Waals surface area contributed by atoms with Crippen LogP contribution in [0, 0.1) is 17.5 Å². The Balaban J connectivity index is 3.54. The molecule has 0 unspecified atom stereocenters. The molecule has 0 amide bonds. The van der Waals surface area contributed by atoms with Gasteiger partial charge in [-0.1, -0.05) is 0 Å². The number of methoxy groups -OCH3 is 1. The summed E-state index contributed by atoms with van der Waals surface area (Å²) in [6.45, 7) is 0.844. The van der Waals surface area contributed by atoms with Gasteiger partial charge in [-0.2, -0.15) is 4.39 Å². The van der Waals surface area contributed by atoms with Crippen LogP contribution < -0.4 is 4.74 Å². The van der Waals surface area contributed by atoms with E-state index in [-0.39, 0.29) is 6.07 Å². The fraction of sp³-hybridized carbons (Fsp3) is 0.267. The number of ether oxygens (including phenoxy) is 2. The molecule has 0 fully saturated rings. The Labute approximate surface area is 135 Å². The number of esters is 2. The van der Waals surface area contributed by atoms with Gasteiger partial charge in [0.2, 0.25) is 17.3 Å². The Kier molecular flexibility index (Phi) is 6.10. The van der Waals surface area contributed by atoms with Crippen molar-refractivity contribution in [2.45, 2.75) is 6.92 Å². The van der Waals surface area contributed by atoms with Crippen molar-refractivity contribution in [3.05, 3.63) is 40.9 Å². The number of rotatable bonds is 5. The van der Waals surface area contributed by atoms with Gasteiger partial charge in [0.1, 0.15) is 5.57 Å². The lowest BCUT2D eigenvalue weighted by molar-refractivity contribution is -0.136. The molecule has 0 spiro atoms. The van der Waals surface area contributed by atoms with Crippen molar-refractivity contribution in [3.8, 4) is 5.75 Å². The summed E-state index contributed by atoms with van der Waals surface area (Å²) in [4.78, 5) is 36.2. The maximum absolute atomic E-state index is 14.3. The number of ketones is 1. The Morgan fingerprint density at radius 3 is 2.17 bits per heavy atom. The van der Waals surface area contributed by atoms with Crippen LogP contribution in [0.3, 0.4) is 0 Å². The minimum atomic E-state index is -1.77. The van der Waals surface area contributed by atoms with E-state index in [1.807, 2.05) is 0 Å². The number of halogens is 3. The molecule has 0 bridgehead atoms. The van der Waals surface area contributed by atoms with Gasteiger partial charge in [0.15, 0.2) is 11.6 Å². The largest absolute Gasteiger partial charge is 0.465 e. The molecule has 0 atom stereocenters. The summed E-state index contributed by atoms with van der Waals surface area (Å²) < 4.78 is 50.2. The van der Waals surface area contributed by atoms with Gasteiger partial charge in [-0.15, -0.1) is 0 Å². The highest BCUT2D eigenvalue weighted by molar-refractivity contribution is 6.24. The maximum atomic E-state index is 14.3.